The molecule has 1 N–H and O–H groups in total. The lowest BCUT2D eigenvalue weighted by molar-refractivity contribution is 0.409. The topological polar surface area (TPSA) is 45.0 Å². The van der Waals surface area contributed by atoms with Crippen molar-refractivity contribution in [2.45, 2.75) is 32.2 Å². The molecule has 0 aliphatic carbocycles. The molecule has 1 rings (SSSR count). The Morgan fingerprint density at radius 1 is 1.47 bits per heavy atom. The molecule has 0 saturated carbocycles. The van der Waals surface area contributed by atoms with Gasteiger partial charge in [-0.3, -0.25) is 0 Å². The van der Waals surface area contributed by atoms with E-state index < -0.39 is 0 Å². The van der Waals surface area contributed by atoms with E-state index in [1.807, 2.05) is 25.1 Å². The minimum Gasteiger partial charge on any atom is -0.497 e. The average molecular weight is 232 g/mol. The van der Waals surface area contributed by atoms with Gasteiger partial charge in [0.25, 0.3) is 0 Å². The molecule has 92 valence electrons. The fourth-order valence-electron chi connectivity index (χ4n) is 1.60. The Labute approximate surface area is 103 Å². The van der Waals surface area contributed by atoms with Crippen LogP contribution in [0.3, 0.4) is 0 Å². The van der Waals surface area contributed by atoms with Gasteiger partial charge in [0.1, 0.15) is 5.75 Å². The lowest BCUT2D eigenvalue weighted by atomic mass is 9.84. The van der Waals surface area contributed by atoms with E-state index in [0.717, 1.165) is 12.3 Å². The number of hydrogen-bond acceptors (Lipinski definition) is 3. The van der Waals surface area contributed by atoms with Crippen LogP contribution in [0.5, 0.6) is 5.75 Å². The minimum absolute atomic E-state index is 0.0281. The summed E-state index contributed by atoms with van der Waals surface area (Å²) in [6, 6.07) is 10.1. The van der Waals surface area contributed by atoms with Crippen molar-refractivity contribution < 1.29 is 4.74 Å². The molecule has 0 bridgehead atoms. The number of ether oxygens (including phenoxy) is 1. The van der Waals surface area contributed by atoms with E-state index in [0.29, 0.717) is 0 Å². The highest BCUT2D eigenvalue weighted by atomic mass is 16.5. The summed E-state index contributed by atoms with van der Waals surface area (Å²) in [4.78, 5) is 0. The third-order valence-corrected chi connectivity index (χ3v) is 2.90. The third-order valence-electron chi connectivity index (χ3n) is 2.90. The minimum atomic E-state index is -0.125. The largest absolute Gasteiger partial charge is 0.497 e. The predicted molar refractivity (Wildman–Crippen MR) is 69.1 cm³/mol. The molecule has 0 fully saturated rings. The molecule has 0 heterocycles. The summed E-state index contributed by atoms with van der Waals surface area (Å²) in [6.45, 7) is 6.92. The van der Waals surface area contributed by atoms with Gasteiger partial charge in [-0.15, -0.1) is 0 Å². The summed E-state index contributed by atoms with van der Waals surface area (Å²) in [7, 11) is 1.67. The number of hydrogen-bond donors (Lipinski definition) is 1. The molecular weight excluding hydrogens is 212 g/mol. The molecule has 1 aromatic carbocycles. The summed E-state index contributed by atoms with van der Waals surface area (Å²) >= 11 is 0. The summed E-state index contributed by atoms with van der Waals surface area (Å²) in [6.07, 6.45) is 0. The normalized spacial score (nSPS) is 12.9. The van der Waals surface area contributed by atoms with Crippen molar-refractivity contribution in [2.24, 2.45) is 0 Å². The first-order valence-electron chi connectivity index (χ1n) is 5.77. The van der Waals surface area contributed by atoms with Crippen LogP contribution in [0.1, 0.15) is 26.3 Å². The molecule has 0 aromatic heterocycles. The van der Waals surface area contributed by atoms with E-state index in [1.54, 1.807) is 7.11 Å². The van der Waals surface area contributed by atoms with Crippen molar-refractivity contribution in [1.82, 2.24) is 5.32 Å². The SMILES string of the molecule is COc1cccc(C(C)(C)CNC(C)C#N)c1. The zero-order chi connectivity index (χ0) is 12.9. The summed E-state index contributed by atoms with van der Waals surface area (Å²) < 4.78 is 5.22. The predicted octanol–water partition coefficient (Wildman–Crippen LogP) is 2.47. The van der Waals surface area contributed by atoms with Crippen LogP contribution in [0.15, 0.2) is 24.3 Å². The highest BCUT2D eigenvalue weighted by molar-refractivity contribution is 5.33. The molecule has 1 unspecified atom stereocenters. The zero-order valence-corrected chi connectivity index (χ0v) is 10.9. The average Bonchev–Trinajstić information content (AvgIpc) is 2.36. The van der Waals surface area contributed by atoms with Crippen LogP contribution in [0.2, 0.25) is 0 Å². The summed E-state index contributed by atoms with van der Waals surface area (Å²) in [5.74, 6) is 0.865. The van der Waals surface area contributed by atoms with E-state index in [-0.39, 0.29) is 11.5 Å². The monoisotopic (exact) mass is 232 g/mol. The van der Waals surface area contributed by atoms with Crippen LogP contribution >= 0.6 is 0 Å². The Morgan fingerprint density at radius 2 is 2.18 bits per heavy atom. The highest BCUT2D eigenvalue weighted by Gasteiger charge is 2.21. The van der Waals surface area contributed by atoms with Crippen LogP contribution in [-0.4, -0.2) is 19.7 Å². The Balaban J connectivity index is 2.78. The van der Waals surface area contributed by atoms with Crippen LogP contribution in [-0.2, 0) is 5.41 Å². The molecule has 3 heteroatoms. The second-order valence-corrected chi connectivity index (χ2v) is 4.85. The molecule has 17 heavy (non-hydrogen) atoms. The smallest absolute Gasteiger partial charge is 0.119 e. The Kier molecular flexibility index (Phi) is 4.53. The first kappa shape index (κ1) is 13.5. The second kappa shape index (κ2) is 5.70. The van der Waals surface area contributed by atoms with Crippen LogP contribution in [0.4, 0.5) is 0 Å². The van der Waals surface area contributed by atoms with Crippen molar-refractivity contribution in [3.63, 3.8) is 0 Å². The fraction of sp³-hybridized carbons (Fsp3) is 0.500. The van der Waals surface area contributed by atoms with Gasteiger partial charge < -0.3 is 10.1 Å². The van der Waals surface area contributed by atoms with Crippen molar-refractivity contribution in [2.75, 3.05) is 13.7 Å². The van der Waals surface area contributed by atoms with Gasteiger partial charge in [-0.25, -0.2) is 0 Å². The van der Waals surface area contributed by atoms with Crippen molar-refractivity contribution in [1.29, 1.82) is 5.26 Å². The van der Waals surface area contributed by atoms with Gasteiger partial charge in [0, 0.05) is 12.0 Å². The maximum absolute atomic E-state index is 8.75. The van der Waals surface area contributed by atoms with E-state index >= 15 is 0 Å². The molecule has 0 aliphatic rings. The molecule has 0 aliphatic heterocycles. The second-order valence-electron chi connectivity index (χ2n) is 4.85. The number of benzene rings is 1. The van der Waals surface area contributed by atoms with Gasteiger partial charge in [0.05, 0.1) is 19.2 Å². The highest BCUT2D eigenvalue weighted by Crippen LogP contribution is 2.25. The lowest BCUT2D eigenvalue weighted by Gasteiger charge is -2.26. The van der Waals surface area contributed by atoms with Gasteiger partial charge in [0.2, 0.25) is 0 Å². The molecule has 3 nitrogen and oxygen atoms in total. The molecule has 1 atom stereocenters. The number of methoxy groups -OCH3 is 1. The Morgan fingerprint density at radius 3 is 2.76 bits per heavy atom. The molecule has 1 aromatic rings. The number of nitrogens with zero attached hydrogens (tertiary/aromatic N) is 1. The molecule has 0 radical (unpaired) electrons. The number of nitriles is 1. The summed E-state index contributed by atoms with van der Waals surface area (Å²) in [5, 5.41) is 12.0. The van der Waals surface area contributed by atoms with E-state index in [9.17, 15) is 0 Å². The van der Waals surface area contributed by atoms with Crippen molar-refractivity contribution >= 4 is 0 Å². The number of nitrogens with one attached hydrogen (secondary N) is 1. The maximum atomic E-state index is 8.75. The standard InChI is InChI=1S/C14H20N2O/c1-11(9-15)16-10-14(2,3)12-6-5-7-13(8-12)17-4/h5-8,11,16H,10H2,1-4H3. The molecule has 0 spiro atoms. The lowest BCUT2D eigenvalue weighted by Crippen LogP contribution is -2.37. The first-order chi connectivity index (χ1) is 7.99. The van der Waals surface area contributed by atoms with Gasteiger partial charge in [-0.1, -0.05) is 26.0 Å². The van der Waals surface area contributed by atoms with Crippen molar-refractivity contribution in [3.05, 3.63) is 29.8 Å². The first-order valence-corrected chi connectivity index (χ1v) is 5.77. The zero-order valence-electron chi connectivity index (χ0n) is 10.9. The molecular formula is C14H20N2O. The molecule has 0 amide bonds. The van der Waals surface area contributed by atoms with E-state index in [4.69, 9.17) is 10.00 Å². The Hall–Kier alpha value is -1.53. The van der Waals surface area contributed by atoms with Crippen LogP contribution in [0, 0.1) is 11.3 Å². The van der Waals surface area contributed by atoms with Crippen LogP contribution in [0.25, 0.3) is 0 Å². The third kappa shape index (κ3) is 3.76. The number of rotatable bonds is 5. The van der Waals surface area contributed by atoms with E-state index in [2.05, 4.69) is 31.3 Å². The van der Waals surface area contributed by atoms with Gasteiger partial charge in [-0.05, 0) is 24.6 Å². The van der Waals surface area contributed by atoms with Gasteiger partial charge in [0.15, 0.2) is 0 Å². The Bertz CT molecular complexity index is 407. The fourth-order valence-corrected chi connectivity index (χ4v) is 1.60. The van der Waals surface area contributed by atoms with Crippen LogP contribution < -0.4 is 10.1 Å². The van der Waals surface area contributed by atoms with Gasteiger partial charge >= 0.3 is 0 Å². The maximum Gasteiger partial charge on any atom is 0.119 e. The van der Waals surface area contributed by atoms with E-state index in [1.165, 1.54) is 5.56 Å². The molecule has 0 saturated heterocycles. The van der Waals surface area contributed by atoms with Crippen molar-refractivity contribution in [3.8, 4) is 11.8 Å². The summed E-state index contributed by atoms with van der Waals surface area (Å²) in [5.41, 5.74) is 1.18. The quantitative estimate of drug-likeness (QED) is 0.848. The van der Waals surface area contributed by atoms with Gasteiger partial charge in [-0.2, -0.15) is 5.26 Å².